The van der Waals surface area contributed by atoms with Crippen molar-refractivity contribution in [3.63, 3.8) is 0 Å². The van der Waals surface area contributed by atoms with Gasteiger partial charge in [-0.2, -0.15) is 0 Å². The molecule has 0 N–H and O–H groups in total. The summed E-state index contributed by atoms with van der Waals surface area (Å²) in [7, 11) is 1.69. The third-order valence-corrected chi connectivity index (χ3v) is 4.24. The van der Waals surface area contributed by atoms with Crippen molar-refractivity contribution in [1.29, 1.82) is 0 Å². The molecule has 0 radical (unpaired) electrons. The van der Waals surface area contributed by atoms with Gasteiger partial charge in [0.15, 0.2) is 0 Å². The molecule has 0 spiro atoms. The molecular formula is C18H26LiNO4. The summed E-state index contributed by atoms with van der Waals surface area (Å²) >= 11 is 0. The van der Waals surface area contributed by atoms with Crippen LogP contribution in [0.5, 0.6) is 0 Å². The van der Waals surface area contributed by atoms with Crippen LogP contribution < -0.4 is 24.0 Å². The van der Waals surface area contributed by atoms with Crippen molar-refractivity contribution in [2.24, 2.45) is 5.92 Å². The molecular weight excluding hydrogens is 301 g/mol. The van der Waals surface area contributed by atoms with E-state index in [9.17, 15) is 9.90 Å². The summed E-state index contributed by atoms with van der Waals surface area (Å²) in [4.78, 5) is 12.8. The van der Waals surface area contributed by atoms with Crippen molar-refractivity contribution in [3.8, 4) is 0 Å². The molecule has 128 valence electrons. The van der Waals surface area contributed by atoms with E-state index in [-0.39, 0.29) is 31.5 Å². The number of piperidine rings is 1. The molecule has 1 aromatic carbocycles. The zero-order valence-electron chi connectivity index (χ0n) is 14.8. The van der Waals surface area contributed by atoms with Gasteiger partial charge in [0.2, 0.25) is 0 Å². The van der Waals surface area contributed by atoms with E-state index in [1.54, 1.807) is 7.11 Å². The maximum Gasteiger partial charge on any atom is 1.00 e. The van der Waals surface area contributed by atoms with E-state index < -0.39 is 5.97 Å². The Labute approximate surface area is 156 Å². The molecule has 1 fully saturated rings. The molecule has 0 aromatic heterocycles. The van der Waals surface area contributed by atoms with Gasteiger partial charge in [-0.3, -0.25) is 4.90 Å². The standard InChI is InChI=1S/C18H27NO4.Li/c1-22-11-6-12-23-18(15-7-3-2-4-8-15)16-9-5-10-19(13-16)14-17(20)21;/h2-4,7-8,16,18H,5-6,9-14H2,1H3,(H,20,21);/q;+1/p-1. The molecule has 0 amide bonds. The molecule has 2 atom stereocenters. The van der Waals surface area contributed by atoms with Gasteiger partial charge in [-0.05, 0) is 31.4 Å². The Balaban J connectivity index is 0.00000288. The van der Waals surface area contributed by atoms with E-state index >= 15 is 0 Å². The number of hydrogen-bond acceptors (Lipinski definition) is 5. The SMILES string of the molecule is COCCCOC(c1ccccc1)C1CCCN(CC(=O)[O-])C1.[Li+]. The molecule has 2 unspecified atom stereocenters. The van der Waals surface area contributed by atoms with Gasteiger partial charge >= 0.3 is 18.9 Å². The van der Waals surface area contributed by atoms with Crippen LogP contribution in [0.1, 0.15) is 30.9 Å². The molecule has 0 saturated carbocycles. The van der Waals surface area contributed by atoms with Crippen molar-refractivity contribution in [2.75, 3.05) is 40.0 Å². The average Bonchev–Trinajstić information content (AvgIpc) is 2.55. The number of nitrogens with zero attached hydrogens (tertiary/aromatic N) is 1. The molecule has 1 saturated heterocycles. The van der Waals surface area contributed by atoms with Gasteiger partial charge in [-0.15, -0.1) is 0 Å². The van der Waals surface area contributed by atoms with Gasteiger partial charge in [-0.1, -0.05) is 30.3 Å². The van der Waals surface area contributed by atoms with Gasteiger partial charge in [-0.25, -0.2) is 0 Å². The molecule has 6 heteroatoms. The number of ether oxygens (including phenoxy) is 2. The smallest absolute Gasteiger partial charge is 0.549 e. The third kappa shape index (κ3) is 6.96. The van der Waals surface area contributed by atoms with Gasteiger partial charge in [0.25, 0.3) is 0 Å². The Morgan fingerprint density at radius 2 is 2.08 bits per heavy atom. The predicted octanol–water partition coefficient (Wildman–Crippen LogP) is -1.75. The Morgan fingerprint density at radius 3 is 2.75 bits per heavy atom. The van der Waals surface area contributed by atoms with Crippen LogP contribution in [0.4, 0.5) is 0 Å². The summed E-state index contributed by atoms with van der Waals surface area (Å²) < 4.78 is 11.2. The van der Waals surface area contributed by atoms with Gasteiger partial charge in [0, 0.05) is 39.3 Å². The Kier molecular flexibility index (Phi) is 10.3. The van der Waals surface area contributed by atoms with E-state index in [4.69, 9.17) is 9.47 Å². The van der Waals surface area contributed by atoms with Crippen molar-refractivity contribution >= 4 is 5.97 Å². The minimum atomic E-state index is -1.01. The molecule has 0 bridgehead atoms. The predicted molar refractivity (Wildman–Crippen MR) is 85.8 cm³/mol. The molecule has 2 rings (SSSR count). The summed E-state index contributed by atoms with van der Waals surface area (Å²) in [5.41, 5.74) is 1.16. The minimum absolute atomic E-state index is 0. The number of carbonyl (C=O) groups is 1. The van der Waals surface area contributed by atoms with E-state index in [0.29, 0.717) is 19.1 Å². The van der Waals surface area contributed by atoms with Crippen LogP contribution in [0.15, 0.2) is 30.3 Å². The fraction of sp³-hybridized carbons (Fsp3) is 0.611. The van der Waals surface area contributed by atoms with Crippen LogP contribution in [0.3, 0.4) is 0 Å². The fourth-order valence-electron chi connectivity index (χ4n) is 3.23. The fourth-order valence-corrected chi connectivity index (χ4v) is 3.23. The van der Waals surface area contributed by atoms with Gasteiger partial charge in [0.05, 0.1) is 12.1 Å². The normalized spacial score (nSPS) is 19.5. The number of benzene rings is 1. The third-order valence-electron chi connectivity index (χ3n) is 4.24. The van der Waals surface area contributed by atoms with Crippen molar-refractivity contribution in [3.05, 3.63) is 35.9 Å². The Bertz CT molecular complexity index is 471. The average molecular weight is 327 g/mol. The van der Waals surface area contributed by atoms with E-state index in [1.165, 1.54) is 0 Å². The van der Waals surface area contributed by atoms with E-state index in [2.05, 4.69) is 12.1 Å². The van der Waals surface area contributed by atoms with Crippen LogP contribution in [0, 0.1) is 5.92 Å². The second-order valence-electron chi connectivity index (χ2n) is 6.06. The first-order chi connectivity index (χ1) is 11.2. The van der Waals surface area contributed by atoms with Crippen molar-refractivity contribution in [2.45, 2.75) is 25.4 Å². The quantitative estimate of drug-likeness (QED) is 0.398. The molecule has 1 heterocycles. The number of carboxylic acids is 1. The Hall–Kier alpha value is -0.833. The maximum absolute atomic E-state index is 10.9. The van der Waals surface area contributed by atoms with Crippen LogP contribution in [0.25, 0.3) is 0 Å². The number of aliphatic carboxylic acids is 1. The summed E-state index contributed by atoms with van der Waals surface area (Å²) in [5, 5.41) is 10.9. The maximum atomic E-state index is 10.9. The number of methoxy groups -OCH3 is 1. The Morgan fingerprint density at radius 1 is 1.33 bits per heavy atom. The molecule has 1 aliphatic heterocycles. The summed E-state index contributed by atoms with van der Waals surface area (Å²) in [6.07, 6.45) is 2.89. The topological polar surface area (TPSA) is 61.8 Å². The van der Waals surface area contributed by atoms with E-state index in [1.807, 2.05) is 23.1 Å². The zero-order chi connectivity index (χ0) is 16.5. The summed E-state index contributed by atoms with van der Waals surface area (Å²) in [6, 6.07) is 10.2. The molecule has 24 heavy (non-hydrogen) atoms. The zero-order valence-corrected chi connectivity index (χ0v) is 14.8. The van der Waals surface area contributed by atoms with E-state index in [0.717, 1.165) is 37.9 Å². The van der Waals surface area contributed by atoms with Crippen molar-refractivity contribution < 1.29 is 38.2 Å². The van der Waals surface area contributed by atoms with Crippen LogP contribution >= 0.6 is 0 Å². The second-order valence-corrected chi connectivity index (χ2v) is 6.06. The van der Waals surface area contributed by atoms with Gasteiger partial charge in [0.1, 0.15) is 0 Å². The minimum Gasteiger partial charge on any atom is -0.549 e. The second kappa shape index (κ2) is 11.7. The van der Waals surface area contributed by atoms with Crippen molar-refractivity contribution in [1.82, 2.24) is 4.90 Å². The number of carboxylic acid groups (broad SMARTS) is 1. The molecule has 1 aliphatic rings. The van der Waals surface area contributed by atoms with Gasteiger partial charge < -0.3 is 19.4 Å². The first-order valence-corrected chi connectivity index (χ1v) is 8.28. The first-order valence-electron chi connectivity index (χ1n) is 8.28. The first kappa shape index (κ1) is 21.2. The number of rotatable bonds is 9. The van der Waals surface area contributed by atoms with Crippen LogP contribution in [-0.4, -0.2) is 50.8 Å². The largest absolute Gasteiger partial charge is 1.00 e. The monoisotopic (exact) mass is 327 g/mol. The summed E-state index contributed by atoms with van der Waals surface area (Å²) in [6.45, 7) is 2.88. The summed E-state index contributed by atoms with van der Waals surface area (Å²) in [5.74, 6) is -0.712. The number of likely N-dealkylation sites (tertiary alicyclic amines) is 1. The molecule has 1 aromatic rings. The molecule has 0 aliphatic carbocycles. The molecule has 5 nitrogen and oxygen atoms in total. The van der Waals surface area contributed by atoms with Crippen LogP contribution in [0.2, 0.25) is 0 Å². The van der Waals surface area contributed by atoms with Crippen LogP contribution in [-0.2, 0) is 14.3 Å². The number of carbonyl (C=O) groups excluding carboxylic acids is 1. The number of hydrogen-bond donors (Lipinski definition) is 0.